The predicted octanol–water partition coefficient (Wildman–Crippen LogP) is 6.70. The van der Waals surface area contributed by atoms with Gasteiger partial charge in [-0.05, 0) is 78.8 Å². The molecule has 1 aromatic heterocycles. The number of fused-ring (bicyclic) bond motifs is 1. The average Bonchev–Trinajstić information content (AvgIpc) is 3.05. The van der Waals surface area contributed by atoms with Crippen LogP contribution >= 0.6 is 0 Å². The van der Waals surface area contributed by atoms with Crippen LogP contribution < -0.4 is 11.1 Å². The van der Waals surface area contributed by atoms with Crippen LogP contribution in [-0.2, 0) is 0 Å². The van der Waals surface area contributed by atoms with Gasteiger partial charge in [-0.25, -0.2) is 4.98 Å². The molecule has 1 aliphatic carbocycles. The number of aromatic nitrogens is 2. The number of hydrogen-bond acceptors (Lipinski definition) is 3. The van der Waals surface area contributed by atoms with Crippen molar-refractivity contribution in [1.82, 2.24) is 9.55 Å². The maximum absolute atomic E-state index is 11.9. The number of imidazole rings is 1. The molecule has 2 aromatic carbocycles. The van der Waals surface area contributed by atoms with E-state index in [9.17, 15) is 4.79 Å². The van der Waals surface area contributed by atoms with Crippen molar-refractivity contribution in [2.24, 2.45) is 17.1 Å². The Kier molecular flexibility index (Phi) is 5.78. The summed E-state index contributed by atoms with van der Waals surface area (Å²) in [4.78, 5) is 16.9. The van der Waals surface area contributed by atoms with Gasteiger partial charge in [-0.2, -0.15) is 0 Å². The molecule has 4 rings (SSSR count). The number of amides is 1. The minimum atomic E-state index is -0.412. The van der Waals surface area contributed by atoms with E-state index < -0.39 is 5.91 Å². The molecule has 3 aromatic rings. The second-order valence-electron chi connectivity index (χ2n) is 10.7. The lowest BCUT2D eigenvalue weighted by Crippen LogP contribution is -2.29. The zero-order chi connectivity index (χ0) is 23.2. The van der Waals surface area contributed by atoms with Gasteiger partial charge in [0.05, 0.1) is 11.0 Å². The summed E-state index contributed by atoms with van der Waals surface area (Å²) in [6.45, 7) is 13.4. The number of benzene rings is 2. The lowest BCUT2D eigenvalue weighted by atomic mass is 9.70. The van der Waals surface area contributed by atoms with Gasteiger partial charge >= 0.3 is 0 Å². The zero-order valence-corrected chi connectivity index (χ0v) is 20.2. The largest absolute Gasteiger partial charge is 0.366 e. The van der Waals surface area contributed by atoms with E-state index in [-0.39, 0.29) is 5.41 Å². The van der Waals surface area contributed by atoms with Crippen LogP contribution in [0.2, 0.25) is 0 Å². The van der Waals surface area contributed by atoms with Gasteiger partial charge in [0.2, 0.25) is 11.9 Å². The van der Waals surface area contributed by atoms with Crippen LogP contribution in [0.1, 0.15) is 87.3 Å². The standard InChI is InChI=1S/C27H36N4O/c1-16(2)19-7-9-20(10-8-19)29-26-30-24-18(4)22(25(28)32)11-12-23(24)31(26)21-13-17(3)14-27(5,6)15-21/h7-12,16-17,21H,13-15H2,1-6H3,(H2,28,32)(H,29,30)/t17-,21?/m0/s1. The Labute approximate surface area is 191 Å². The van der Waals surface area contributed by atoms with E-state index >= 15 is 0 Å². The molecule has 0 bridgehead atoms. The van der Waals surface area contributed by atoms with Gasteiger partial charge in [-0.15, -0.1) is 0 Å². The van der Waals surface area contributed by atoms with Crippen molar-refractivity contribution < 1.29 is 4.79 Å². The number of nitrogens with one attached hydrogen (secondary N) is 1. The van der Waals surface area contributed by atoms with Gasteiger partial charge in [-0.1, -0.05) is 46.8 Å². The molecule has 32 heavy (non-hydrogen) atoms. The van der Waals surface area contributed by atoms with Gasteiger partial charge in [0.25, 0.3) is 0 Å². The first-order chi connectivity index (χ1) is 15.1. The van der Waals surface area contributed by atoms with Crippen molar-refractivity contribution in [2.75, 3.05) is 5.32 Å². The van der Waals surface area contributed by atoms with E-state index in [2.05, 4.69) is 68.8 Å². The monoisotopic (exact) mass is 432 g/mol. The lowest BCUT2D eigenvalue weighted by molar-refractivity contribution is 0.1000. The summed E-state index contributed by atoms with van der Waals surface area (Å²) in [6, 6.07) is 12.8. The van der Waals surface area contributed by atoms with E-state index in [1.54, 1.807) is 0 Å². The van der Waals surface area contributed by atoms with Crippen LogP contribution in [0, 0.1) is 18.3 Å². The summed E-state index contributed by atoms with van der Waals surface area (Å²) in [5.74, 6) is 1.56. The molecule has 1 heterocycles. The lowest BCUT2D eigenvalue weighted by Gasteiger charge is -2.40. The number of carbonyl (C=O) groups excluding carboxylic acids is 1. The van der Waals surface area contributed by atoms with Gasteiger partial charge in [-0.3, -0.25) is 4.79 Å². The molecular weight excluding hydrogens is 396 g/mol. The maximum Gasteiger partial charge on any atom is 0.249 e. The van der Waals surface area contributed by atoms with Crippen molar-refractivity contribution in [3.63, 3.8) is 0 Å². The smallest absolute Gasteiger partial charge is 0.249 e. The van der Waals surface area contributed by atoms with Crippen molar-refractivity contribution in [3.8, 4) is 0 Å². The molecule has 0 saturated heterocycles. The first kappa shape index (κ1) is 22.4. The van der Waals surface area contributed by atoms with Crippen LogP contribution in [0.3, 0.4) is 0 Å². The molecule has 0 spiro atoms. The van der Waals surface area contributed by atoms with Gasteiger partial charge in [0.1, 0.15) is 0 Å². The van der Waals surface area contributed by atoms with Crippen LogP contribution in [0.25, 0.3) is 11.0 Å². The third kappa shape index (κ3) is 4.25. The summed E-state index contributed by atoms with van der Waals surface area (Å²) in [7, 11) is 0. The van der Waals surface area contributed by atoms with Gasteiger partial charge in [0.15, 0.2) is 0 Å². The van der Waals surface area contributed by atoms with E-state index in [1.807, 2.05) is 19.1 Å². The Morgan fingerprint density at radius 2 is 1.84 bits per heavy atom. The first-order valence-electron chi connectivity index (χ1n) is 11.7. The van der Waals surface area contributed by atoms with Crippen LogP contribution in [0.5, 0.6) is 0 Å². The molecule has 3 N–H and O–H groups in total. The second-order valence-corrected chi connectivity index (χ2v) is 10.7. The molecule has 1 unspecified atom stereocenters. The molecule has 5 nitrogen and oxygen atoms in total. The number of aryl methyl sites for hydroxylation is 1. The molecule has 1 aliphatic rings. The summed E-state index contributed by atoms with van der Waals surface area (Å²) in [5, 5.41) is 3.58. The molecule has 170 valence electrons. The van der Waals surface area contributed by atoms with Crippen molar-refractivity contribution >= 4 is 28.6 Å². The summed E-state index contributed by atoms with van der Waals surface area (Å²) >= 11 is 0. The van der Waals surface area contributed by atoms with E-state index in [1.165, 1.54) is 12.0 Å². The Morgan fingerprint density at radius 3 is 2.44 bits per heavy atom. The van der Waals surface area contributed by atoms with Crippen LogP contribution in [0.15, 0.2) is 36.4 Å². The third-order valence-electron chi connectivity index (χ3n) is 6.94. The molecule has 1 saturated carbocycles. The Hall–Kier alpha value is -2.82. The van der Waals surface area contributed by atoms with E-state index in [0.29, 0.717) is 23.4 Å². The van der Waals surface area contributed by atoms with Crippen LogP contribution in [-0.4, -0.2) is 15.5 Å². The normalized spacial score (nSPS) is 20.6. The SMILES string of the molecule is Cc1c(C(N)=O)ccc2c1nc(Nc1ccc(C(C)C)cc1)n2C1C[C@H](C)CC(C)(C)C1. The summed E-state index contributed by atoms with van der Waals surface area (Å²) in [6.07, 6.45) is 3.45. The Morgan fingerprint density at radius 1 is 1.16 bits per heavy atom. The number of anilines is 2. The summed E-state index contributed by atoms with van der Waals surface area (Å²) in [5.41, 5.74) is 11.5. The fourth-order valence-corrected chi connectivity index (χ4v) is 5.59. The number of carbonyl (C=O) groups is 1. The third-order valence-corrected chi connectivity index (χ3v) is 6.94. The predicted molar refractivity (Wildman–Crippen MR) is 133 cm³/mol. The zero-order valence-electron chi connectivity index (χ0n) is 20.2. The highest BCUT2D eigenvalue weighted by Crippen LogP contribution is 2.46. The highest BCUT2D eigenvalue weighted by Gasteiger charge is 2.35. The fourth-order valence-electron chi connectivity index (χ4n) is 5.59. The molecule has 1 amide bonds. The fraction of sp³-hybridized carbons (Fsp3) is 0.481. The van der Waals surface area contributed by atoms with E-state index in [0.717, 1.165) is 41.1 Å². The second kappa shape index (κ2) is 8.27. The quantitative estimate of drug-likeness (QED) is 0.471. The number of nitrogens with zero attached hydrogens (tertiary/aromatic N) is 2. The Balaban J connectivity index is 1.83. The number of rotatable bonds is 5. The maximum atomic E-state index is 11.9. The number of hydrogen-bond donors (Lipinski definition) is 2. The van der Waals surface area contributed by atoms with Crippen molar-refractivity contribution in [1.29, 1.82) is 0 Å². The Bertz CT molecular complexity index is 1140. The molecular formula is C27H36N4O. The van der Waals surface area contributed by atoms with Gasteiger partial charge in [0, 0.05) is 17.3 Å². The van der Waals surface area contributed by atoms with Crippen LogP contribution in [0.4, 0.5) is 11.6 Å². The highest BCUT2D eigenvalue weighted by atomic mass is 16.1. The van der Waals surface area contributed by atoms with Crippen molar-refractivity contribution in [2.45, 2.75) is 72.8 Å². The molecule has 5 heteroatoms. The molecule has 0 radical (unpaired) electrons. The number of primary amides is 1. The van der Waals surface area contributed by atoms with Crippen molar-refractivity contribution in [3.05, 3.63) is 53.1 Å². The average molecular weight is 433 g/mol. The molecule has 0 aliphatic heterocycles. The van der Waals surface area contributed by atoms with Gasteiger partial charge < -0.3 is 15.6 Å². The minimum absolute atomic E-state index is 0.275. The summed E-state index contributed by atoms with van der Waals surface area (Å²) < 4.78 is 2.36. The van der Waals surface area contributed by atoms with E-state index in [4.69, 9.17) is 10.7 Å². The highest BCUT2D eigenvalue weighted by molar-refractivity contribution is 5.99. The first-order valence-corrected chi connectivity index (χ1v) is 11.7. The minimum Gasteiger partial charge on any atom is -0.366 e. The molecule has 2 atom stereocenters. The molecule has 1 fully saturated rings. The topological polar surface area (TPSA) is 72.9 Å². The number of nitrogens with two attached hydrogens (primary N) is 1.